The van der Waals surface area contributed by atoms with Crippen molar-refractivity contribution in [3.05, 3.63) is 199 Å². The third kappa shape index (κ3) is 5.48. The highest BCUT2D eigenvalue weighted by Gasteiger charge is 2.39. The number of anilines is 1. The van der Waals surface area contributed by atoms with Crippen LogP contribution in [0.4, 0.5) is 5.69 Å². The lowest BCUT2D eigenvalue weighted by Crippen LogP contribution is -2.33. The molecule has 0 N–H and O–H groups in total. The Morgan fingerprint density at radius 1 is 0.571 bits per heavy atom. The highest BCUT2D eigenvalue weighted by atomic mass is 15.2. The first-order valence-corrected chi connectivity index (χ1v) is 19.5. The van der Waals surface area contributed by atoms with Crippen LogP contribution in [0.2, 0.25) is 0 Å². The molecule has 0 amide bonds. The van der Waals surface area contributed by atoms with Gasteiger partial charge in [-0.05, 0) is 142 Å². The van der Waals surface area contributed by atoms with E-state index in [1.165, 1.54) is 77.7 Å². The first kappa shape index (κ1) is 32.5. The van der Waals surface area contributed by atoms with E-state index in [2.05, 4.69) is 163 Å². The summed E-state index contributed by atoms with van der Waals surface area (Å²) in [6, 6.07) is 33.9. The third-order valence-corrected chi connectivity index (χ3v) is 11.9. The molecule has 6 heterocycles. The summed E-state index contributed by atoms with van der Waals surface area (Å²) >= 11 is 0. The minimum atomic E-state index is 0.128. The van der Waals surface area contributed by atoms with E-state index in [1.54, 1.807) is 0 Å². The quantitative estimate of drug-likeness (QED) is 0.171. The molecule has 268 valence electrons. The van der Waals surface area contributed by atoms with Gasteiger partial charge in [0.15, 0.2) is 0 Å². The van der Waals surface area contributed by atoms with Crippen LogP contribution in [0, 0.1) is 0 Å². The Morgan fingerprint density at radius 3 is 1.98 bits per heavy atom. The van der Waals surface area contributed by atoms with Crippen molar-refractivity contribution in [1.82, 2.24) is 19.5 Å². The van der Waals surface area contributed by atoms with Crippen LogP contribution >= 0.6 is 0 Å². The molecular weight excluding hydrogens is 685 g/mol. The molecule has 2 aliphatic carbocycles. The molecule has 0 saturated heterocycles. The Labute approximate surface area is 325 Å². The van der Waals surface area contributed by atoms with E-state index in [0.29, 0.717) is 5.92 Å². The van der Waals surface area contributed by atoms with Gasteiger partial charge in [-0.15, -0.1) is 0 Å². The van der Waals surface area contributed by atoms with Gasteiger partial charge in [0.1, 0.15) is 0 Å². The maximum absolute atomic E-state index is 4.35. The number of aliphatic imine (C=N–C) groups is 1. The molecule has 4 aromatic heterocycles. The van der Waals surface area contributed by atoms with Gasteiger partial charge in [-0.2, -0.15) is 0 Å². The third-order valence-electron chi connectivity index (χ3n) is 11.9. The van der Waals surface area contributed by atoms with E-state index >= 15 is 0 Å². The second-order valence-electron chi connectivity index (χ2n) is 15.0. The van der Waals surface area contributed by atoms with Crippen LogP contribution in [0.5, 0.6) is 0 Å². The lowest BCUT2D eigenvalue weighted by molar-refractivity contribution is 0.633. The molecule has 56 heavy (non-hydrogen) atoms. The summed E-state index contributed by atoms with van der Waals surface area (Å²) in [7, 11) is 0. The molecule has 4 atom stereocenters. The minimum absolute atomic E-state index is 0.128. The zero-order chi connectivity index (χ0) is 37.0. The van der Waals surface area contributed by atoms with Crippen LogP contribution in [0.25, 0.3) is 49.6 Å². The number of hydrogen-bond donors (Lipinski definition) is 0. The largest absolute Gasteiger partial charge is 0.334 e. The van der Waals surface area contributed by atoms with E-state index in [9.17, 15) is 0 Å². The average Bonchev–Trinajstić information content (AvgIpc) is 3.79. The van der Waals surface area contributed by atoms with Crippen molar-refractivity contribution >= 4 is 39.3 Å². The number of pyridine rings is 3. The van der Waals surface area contributed by atoms with Crippen LogP contribution in [0.15, 0.2) is 188 Å². The van der Waals surface area contributed by atoms with Gasteiger partial charge in [-0.3, -0.25) is 19.9 Å². The number of nitrogens with zero attached hydrogens (tertiary/aromatic N) is 6. The number of allylic oxidation sites excluding steroid dienone is 6. The first-order valence-electron chi connectivity index (χ1n) is 19.5. The summed E-state index contributed by atoms with van der Waals surface area (Å²) in [6.45, 7) is 0. The zero-order valence-electron chi connectivity index (χ0n) is 30.7. The number of fused-ring (bicyclic) bond motifs is 6. The summed E-state index contributed by atoms with van der Waals surface area (Å²) in [5.74, 6) is 0.508. The van der Waals surface area contributed by atoms with E-state index in [-0.39, 0.29) is 18.0 Å². The Bertz CT molecular complexity index is 2830. The Balaban J connectivity index is 1.04. The molecule has 0 radical (unpaired) electrons. The number of rotatable bonds is 6. The van der Waals surface area contributed by atoms with Gasteiger partial charge in [0.05, 0.1) is 12.1 Å². The molecular formula is C50H38N6. The Kier molecular flexibility index (Phi) is 7.80. The summed E-state index contributed by atoms with van der Waals surface area (Å²) in [5.41, 5.74) is 14.8. The molecule has 6 heteroatoms. The maximum atomic E-state index is 4.35. The van der Waals surface area contributed by atoms with Gasteiger partial charge in [0.2, 0.25) is 0 Å². The molecule has 3 aromatic carbocycles. The second kappa shape index (κ2) is 13.4. The standard InChI is InChI=1S/C50H38N6/c1-2-41(55-47-8-4-37(33-12-20-51-21-13-33)28-43(47)44-29-38(5-9-48(44)55)34-14-22-52-23-15-34)32-42(3-1)56-49-10-6-39(35-16-24-53-25-17-35)30-45(49)46-31-40(7-11-50(46)56)36-18-26-54-27-19-36/h1-2,4-18,20-32,36,42-43,47H,3,19H2. The molecule has 2 aliphatic heterocycles. The minimum Gasteiger partial charge on any atom is -0.334 e. The maximum Gasteiger partial charge on any atom is 0.0629 e. The Hall–Kier alpha value is -6.92. The molecule has 7 aromatic rings. The van der Waals surface area contributed by atoms with E-state index in [1.807, 2.05) is 49.6 Å². The lowest BCUT2D eigenvalue weighted by atomic mass is 9.85. The number of benzene rings is 3. The van der Waals surface area contributed by atoms with Crippen molar-refractivity contribution in [3.8, 4) is 22.3 Å². The molecule has 0 fully saturated rings. The van der Waals surface area contributed by atoms with Crippen LogP contribution in [0.3, 0.4) is 0 Å². The van der Waals surface area contributed by atoms with Crippen LogP contribution < -0.4 is 4.90 Å². The zero-order valence-corrected chi connectivity index (χ0v) is 30.7. The predicted molar refractivity (Wildman–Crippen MR) is 229 cm³/mol. The average molecular weight is 723 g/mol. The molecule has 0 spiro atoms. The van der Waals surface area contributed by atoms with Gasteiger partial charge in [-0.1, -0.05) is 48.6 Å². The predicted octanol–water partition coefficient (Wildman–Crippen LogP) is 11.4. The SMILES string of the molecule is C1=CC(N2c3ccc(-c4ccncc4)cc3C3C=C(c4ccncc4)C=CC32)=CC(n2c3ccc(-c4ccncc4)cc3c3cc(C4C=CN=CC4)ccc32)C1. The van der Waals surface area contributed by atoms with Crippen molar-refractivity contribution in [2.24, 2.45) is 4.99 Å². The van der Waals surface area contributed by atoms with Gasteiger partial charge in [-0.25, -0.2) is 0 Å². The number of hydrogen-bond acceptors (Lipinski definition) is 5. The molecule has 0 saturated carbocycles. The summed E-state index contributed by atoms with van der Waals surface area (Å²) in [4.78, 5) is 19.7. The highest BCUT2D eigenvalue weighted by molar-refractivity contribution is 6.10. The van der Waals surface area contributed by atoms with Crippen molar-refractivity contribution in [2.45, 2.75) is 36.8 Å². The van der Waals surface area contributed by atoms with Gasteiger partial charge >= 0.3 is 0 Å². The monoisotopic (exact) mass is 722 g/mol. The fourth-order valence-corrected chi connectivity index (χ4v) is 9.25. The second-order valence-corrected chi connectivity index (χ2v) is 15.0. The molecule has 11 rings (SSSR count). The van der Waals surface area contributed by atoms with Gasteiger partial charge < -0.3 is 9.47 Å². The van der Waals surface area contributed by atoms with E-state index in [4.69, 9.17) is 0 Å². The molecule has 0 bridgehead atoms. The molecule has 6 nitrogen and oxygen atoms in total. The summed E-state index contributed by atoms with van der Waals surface area (Å²) in [6.07, 6.45) is 33.6. The number of aromatic nitrogens is 4. The van der Waals surface area contributed by atoms with Crippen LogP contribution in [-0.2, 0) is 0 Å². The molecule has 4 aliphatic rings. The van der Waals surface area contributed by atoms with E-state index < -0.39 is 0 Å². The smallest absolute Gasteiger partial charge is 0.0629 e. The van der Waals surface area contributed by atoms with Crippen molar-refractivity contribution < 1.29 is 0 Å². The van der Waals surface area contributed by atoms with Crippen molar-refractivity contribution in [3.63, 3.8) is 0 Å². The van der Waals surface area contributed by atoms with Crippen LogP contribution in [0.1, 0.15) is 47.4 Å². The fourth-order valence-electron chi connectivity index (χ4n) is 9.25. The van der Waals surface area contributed by atoms with Gasteiger partial charge in [0, 0.05) is 94.6 Å². The summed E-state index contributed by atoms with van der Waals surface area (Å²) < 4.78 is 2.58. The lowest BCUT2D eigenvalue weighted by Gasteiger charge is -2.33. The normalized spacial score (nSPS) is 21.0. The first-order chi connectivity index (χ1) is 27.8. The van der Waals surface area contributed by atoms with E-state index in [0.717, 1.165) is 12.8 Å². The van der Waals surface area contributed by atoms with Gasteiger partial charge in [0.25, 0.3) is 0 Å². The fraction of sp³-hybridized carbons (Fsp3) is 0.120. The summed E-state index contributed by atoms with van der Waals surface area (Å²) in [5, 5.41) is 2.56. The highest BCUT2D eigenvalue weighted by Crippen LogP contribution is 2.50. The topological polar surface area (TPSA) is 59.2 Å². The van der Waals surface area contributed by atoms with Crippen molar-refractivity contribution in [1.29, 1.82) is 0 Å². The Morgan fingerprint density at radius 2 is 1.25 bits per heavy atom. The van der Waals surface area contributed by atoms with Crippen LogP contribution in [-0.4, -0.2) is 31.8 Å². The van der Waals surface area contributed by atoms with Crippen molar-refractivity contribution in [2.75, 3.05) is 4.90 Å². The molecule has 4 unspecified atom stereocenters.